The summed E-state index contributed by atoms with van der Waals surface area (Å²) in [6.07, 6.45) is 9.28. The number of nitrogens with zero attached hydrogens (tertiary/aromatic N) is 2. The van der Waals surface area contributed by atoms with E-state index in [0.29, 0.717) is 12.1 Å². The first-order valence-electron chi connectivity index (χ1n) is 4.02. The molecular formula is C9H14N2. The fourth-order valence-corrected chi connectivity index (χ4v) is 1.19. The number of allylic oxidation sites excluding steroid dienone is 2. The van der Waals surface area contributed by atoms with Crippen LogP contribution in [0.1, 0.15) is 20.3 Å². The highest BCUT2D eigenvalue weighted by molar-refractivity contribution is 5.02. The van der Waals surface area contributed by atoms with Crippen LogP contribution in [0.5, 0.6) is 0 Å². The topological polar surface area (TPSA) is 24.7 Å². The Morgan fingerprint density at radius 3 is 1.82 bits per heavy atom. The van der Waals surface area contributed by atoms with Crippen molar-refractivity contribution in [1.82, 2.24) is 0 Å². The van der Waals surface area contributed by atoms with E-state index in [-0.39, 0.29) is 0 Å². The second-order valence-corrected chi connectivity index (χ2v) is 2.65. The Kier molecular flexibility index (Phi) is 3.02. The van der Waals surface area contributed by atoms with Gasteiger partial charge in [-0.1, -0.05) is 24.3 Å². The van der Waals surface area contributed by atoms with E-state index in [2.05, 4.69) is 22.4 Å². The molecule has 0 saturated heterocycles. The number of hydrogen-bond donors (Lipinski definition) is 0. The summed E-state index contributed by atoms with van der Waals surface area (Å²) in [5.74, 6) is 0. The van der Waals surface area contributed by atoms with Crippen molar-refractivity contribution in [2.45, 2.75) is 32.4 Å². The molecule has 11 heavy (non-hydrogen) atoms. The zero-order valence-electron chi connectivity index (χ0n) is 7.07. The molecule has 2 nitrogen and oxygen atoms in total. The molecule has 1 heterocycles. The van der Waals surface area contributed by atoms with Crippen molar-refractivity contribution in [2.75, 3.05) is 0 Å². The lowest BCUT2D eigenvalue weighted by Crippen LogP contribution is -2.01. The third kappa shape index (κ3) is 2.30. The molecule has 1 rings (SSSR count). The van der Waals surface area contributed by atoms with Gasteiger partial charge in [-0.2, -0.15) is 10.2 Å². The number of rotatable bonds is 2. The Labute approximate surface area is 67.7 Å². The second-order valence-electron chi connectivity index (χ2n) is 2.65. The summed E-state index contributed by atoms with van der Waals surface area (Å²) >= 11 is 0. The van der Waals surface area contributed by atoms with E-state index >= 15 is 0 Å². The predicted molar refractivity (Wildman–Crippen MR) is 46.7 cm³/mol. The van der Waals surface area contributed by atoms with Crippen LogP contribution in [0.15, 0.2) is 34.5 Å². The molecular weight excluding hydrogens is 136 g/mol. The van der Waals surface area contributed by atoms with Gasteiger partial charge >= 0.3 is 0 Å². The maximum absolute atomic E-state index is 4.11. The van der Waals surface area contributed by atoms with Crippen molar-refractivity contribution in [3.63, 3.8) is 0 Å². The highest BCUT2D eigenvalue weighted by Gasteiger charge is 2.16. The molecule has 60 valence electrons. The maximum atomic E-state index is 4.11. The zero-order chi connectivity index (χ0) is 8.10. The summed E-state index contributed by atoms with van der Waals surface area (Å²) < 4.78 is 0. The second kappa shape index (κ2) is 4.06. The first-order chi connectivity index (χ1) is 5.36. The van der Waals surface area contributed by atoms with Crippen LogP contribution in [0.2, 0.25) is 0 Å². The standard InChI is InChI=1S/C9H14N2/c1-3-5-8-7-9(6-4-2)11-10-8/h3-6,8-9H,7H2,1-2H3/b5-3+,6-4+. The molecule has 0 aromatic rings. The molecule has 1 aliphatic rings. The van der Waals surface area contributed by atoms with Gasteiger partial charge in [0.15, 0.2) is 0 Å². The molecule has 1 aliphatic heterocycles. The number of hydrogen-bond acceptors (Lipinski definition) is 2. The van der Waals surface area contributed by atoms with Gasteiger partial charge in [-0.25, -0.2) is 0 Å². The summed E-state index contributed by atoms with van der Waals surface area (Å²) in [4.78, 5) is 0. The van der Waals surface area contributed by atoms with E-state index in [4.69, 9.17) is 0 Å². The molecule has 2 heteroatoms. The average Bonchev–Trinajstić information content (AvgIpc) is 2.38. The first kappa shape index (κ1) is 8.18. The maximum Gasteiger partial charge on any atom is 0.0912 e. The minimum absolute atomic E-state index is 0.321. The SMILES string of the molecule is C/C=C/C1CC(/C=C/C)N=N1. The van der Waals surface area contributed by atoms with E-state index in [0.717, 1.165) is 6.42 Å². The van der Waals surface area contributed by atoms with Crippen molar-refractivity contribution in [3.05, 3.63) is 24.3 Å². The molecule has 0 bridgehead atoms. The van der Waals surface area contributed by atoms with Crippen LogP contribution in [0.3, 0.4) is 0 Å². The Balaban J connectivity index is 2.42. The van der Waals surface area contributed by atoms with Crippen molar-refractivity contribution >= 4 is 0 Å². The highest BCUT2D eigenvalue weighted by Crippen LogP contribution is 2.17. The fraction of sp³-hybridized carbons (Fsp3) is 0.556. The van der Waals surface area contributed by atoms with E-state index < -0.39 is 0 Å². The molecule has 0 aromatic heterocycles. The van der Waals surface area contributed by atoms with Crippen molar-refractivity contribution in [3.8, 4) is 0 Å². The average molecular weight is 150 g/mol. The molecule has 0 saturated carbocycles. The van der Waals surface area contributed by atoms with Crippen LogP contribution in [0, 0.1) is 0 Å². The van der Waals surface area contributed by atoms with Crippen LogP contribution in [0.4, 0.5) is 0 Å². The third-order valence-electron chi connectivity index (χ3n) is 1.68. The van der Waals surface area contributed by atoms with Gasteiger partial charge in [-0.3, -0.25) is 0 Å². The molecule has 2 unspecified atom stereocenters. The van der Waals surface area contributed by atoms with Gasteiger partial charge < -0.3 is 0 Å². The molecule has 0 aliphatic carbocycles. The van der Waals surface area contributed by atoms with Crippen molar-refractivity contribution in [1.29, 1.82) is 0 Å². The minimum atomic E-state index is 0.321. The first-order valence-corrected chi connectivity index (χ1v) is 4.02. The van der Waals surface area contributed by atoms with E-state index in [1.54, 1.807) is 0 Å². The quantitative estimate of drug-likeness (QED) is 0.541. The van der Waals surface area contributed by atoms with Crippen LogP contribution in [0.25, 0.3) is 0 Å². The van der Waals surface area contributed by atoms with Gasteiger partial charge in [-0.05, 0) is 13.8 Å². The van der Waals surface area contributed by atoms with Gasteiger partial charge in [0.05, 0.1) is 12.1 Å². The third-order valence-corrected chi connectivity index (χ3v) is 1.68. The van der Waals surface area contributed by atoms with Gasteiger partial charge in [0.2, 0.25) is 0 Å². The molecule has 0 N–H and O–H groups in total. The fourth-order valence-electron chi connectivity index (χ4n) is 1.19. The van der Waals surface area contributed by atoms with Crippen LogP contribution in [-0.2, 0) is 0 Å². The Morgan fingerprint density at radius 2 is 1.45 bits per heavy atom. The zero-order valence-corrected chi connectivity index (χ0v) is 7.07. The predicted octanol–water partition coefficient (Wildman–Crippen LogP) is 2.73. The summed E-state index contributed by atoms with van der Waals surface area (Å²) in [6.45, 7) is 4.02. The number of azo groups is 1. The summed E-state index contributed by atoms with van der Waals surface area (Å²) in [7, 11) is 0. The van der Waals surface area contributed by atoms with Gasteiger partial charge in [-0.15, -0.1) is 0 Å². The largest absolute Gasteiger partial charge is 0.186 e. The van der Waals surface area contributed by atoms with Crippen LogP contribution in [-0.4, -0.2) is 12.1 Å². The normalized spacial score (nSPS) is 31.1. The van der Waals surface area contributed by atoms with E-state index in [9.17, 15) is 0 Å². The van der Waals surface area contributed by atoms with Crippen molar-refractivity contribution in [2.24, 2.45) is 10.2 Å². The molecule has 0 amide bonds. The Morgan fingerprint density at radius 1 is 1.00 bits per heavy atom. The van der Waals surface area contributed by atoms with E-state index in [1.165, 1.54) is 0 Å². The molecule has 0 aromatic carbocycles. The summed E-state index contributed by atoms with van der Waals surface area (Å²) in [5, 5.41) is 8.22. The van der Waals surface area contributed by atoms with Gasteiger partial charge in [0.25, 0.3) is 0 Å². The van der Waals surface area contributed by atoms with Crippen LogP contribution >= 0.6 is 0 Å². The summed E-state index contributed by atoms with van der Waals surface area (Å²) in [6, 6.07) is 0.641. The minimum Gasteiger partial charge on any atom is -0.186 e. The van der Waals surface area contributed by atoms with Gasteiger partial charge in [0, 0.05) is 6.42 Å². The van der Waals surface area contributed by atoms with E-state index in [1.807, 2.05) is 26.0 Å². The monoisotopic (exact) mass is 150 g/mol. The molecule has 2 atom stereocenters. The highest BCUT2D eigenvalue weighted by atomic mass is 15.2. The smallest absolute Gasteiger partial charge is 0.0912 e. The molecule has 0 radical (unpaired) electrons. The van der Waals surface area contributed by atoms with Crippen molar-refractivity contribution < 1.29 is 0 Å². The lowest BCUT2D eigenvalue weighted by Gasteiger charge is -1.97. The lowest BCUT2D eigenvalue weighted by atomic mass is 10.1. The Bertz CT molecular complexity index is 172. The molecule has 0 spiro atoms. The lowest BCUT2D eigenvalue weighted by molar-refractivity contribution is 0.764. The summed E-state index contributed by atoms with van der Waals surface area (Å²) in [5.41, 5.74) is 0. The molecule has 0 fully saturated rings. The Hall–Kier alpha value is -0.920. The van der Waals surface area contributed by atoms with Gasteiger partial charge in [0.1, 0.15) is 0 Å². The van der Waals surface area contributed by atoms with Crippen LogP contribution < -0.4 is 0 Å².